The lowest BCUT2D eigenvalue weighted by Gasteiger charge is -2.08. The maximum atomic E-state index is 8.69. The van der Waals surface area contributed by atoms with Gasteiger partial charge in [-0.05, 0) is 13.3 Å². The van der Waals surface area contributed by atoms with Crippen LogP contribution in [0.15, 0.2) is 13.2 Å². The Hall–Kier alpha value is -0.340. The summed E-state index contributed by atoms with van der Waals surface area (Å²) in [5.41, 5.74) is 0. The predicted molar refractivity (Wildman–Crippen MR) is 39.2 cm³/mol. The zero-order valence-corrected chi connectivity index (χ0v) is 6.17. The van der Waals surface area contributed by atoms with Crippen molar-refractivity contribution in [2.75, 3.05) is 0 Å². The molecule has 2 nitrogen and oxygen atoms in total. The highest BCUT2D eigenvalue weighted by Gasteiger charge is 2.05. The molecule has 0 saturated carbocycles. The lowest BCUT2D eigenvalue weighted by atomic mass is 10.2. The first-order chi connectivity index (χ1) is 4.18. The van der Waals surface area contributed by atoms with Crippen LogP contribution in [-0.2, 0) is 0 Å². The van der Waals surface area contributed by atoms with Crippen molar-refractivity contribution in [3.63, 3.8) is 0 Å². The lowest BCUT2D eigenvalue weighted by molar-refractivity contribution is 0.0294. The summed E-state index contributed by atoms with van der Waals surface area (Å²) in [4.78, 5) is 0. The molecule has 0 saturated heterocycles. The van der Waals surface area contributed by atoms with Gasteiger partial charge in [-0.1, -0.05) is 6.92 Å². The minimum atomic E-state index is -0.579. The molecule has 56 valence electrons. The summed E-state index contributed by atoms with van der Waals surface area (Å²) in [6.45, 7) is 9.41. The van der Waals surface area contributed by atoms with Gasteiger partial charge in [0.25, 0.3) is 0 Å². The Balaban J connectivity index is 0. The van der Waals surface area contributed by atoms with Gasteiger partial charge in [0.15, 0.2) is 0 Å². The Labute approximate surface area is 56.8 Å². The Kier molecular flexibility index (Phi) is 9.75. The summed E-state index contributed by atoms with van der Waals surface area (Å²) in [5, 5.41) is 17.3. The van der Waals surface area contributed by atoms with Gasteiger partial charge in [-0.2, -0.15) is 0 Å². The monoisotopic (exact) mass is 132 g/mol. The van der Waals surface area contributed by atoms with Crippen LogP contribution in [0, 0.1) is 0 Å². The molecule has 0 aliphatic rings. The largest absolute Gasteiger partial charge is 0.391 e. The Morgan fingerprint density at radius 3 is 1.67 bits per heavy atom. The molecule has 2 N–H and O–H groups in total. The summed E-state index contributed by atoms with van der Waals surface area (Å²) in [6, 6.07) is 0. The fourth-order valence-electron chi connectivity index (χ4n) is 0.341. The van der Waals surface area contributed by atoms with Crippen molar-refractivity contribution in [2.45, 2.75) is 32.5 Å². The summed E-state index contributed by atoms with van der Waals surface area (Å²) >= 11 is 0. The first-order valence-corrected chi connectivity index (χ1v) is 3.04. The van der Waals surface area contributed by atoms with E-state index in [0.717, 1.165) is 0 Å². The molecule has 0 heterocycles. The van der Waals surface area contributed by atoms with Crippen LogP contribution in [0.5, 0.6) is 0 Å². The molecule has 9 heavy (non-hydrogen) atoms. The van der Waals surface area contributed by atoms with Gasteiger partial charge >= 0.3 is 0 Å². The summed E-state index contributed by atoms with van der Waals surface area (Å²) in [6.07, 6.45) is -0.498. The maximum absolute atomic E-state index is 8.69. The Morgan fingerprint density at radius 1 is 1.33 bits per heavy atom. The molecule has 0 aromatic heterocycles. The van der Waals surface area contributed by atoms with Crippen molar-refractivity contribution in [1.82, 2.24) is 0 Å². The van der Waals surface area contributed by atoms with E-state index in [1.54, 1.807) is 6.92 Å². The van der Waals surface area contributed by atoms with E-state index in [-0.39, 0.29) is 0 Å². The summed E-state index contributed by atoms with van der Waals surface area (Å²) < 4.78 is 0. The lowest BCUT2D eigenvalue weighted by Crippen LogP contribution is -2.20. The van der Waals surface area contributed by atoms with Crippen molar-refractivity contribution in [3.05, 3.63) is 13.2 Å². The molecular weight excluding hydrogens is 116 g/mol. The predicted octanol–water partition coefficient (Wildman–Crippen LogP) is 0.940. The Morgan fingerprint density at radius 2 is 1.67 bits per heavy atom. The van der Waals surface area contributed by atoms with Crippen molar-refractivity contribution in [2.24, 2.45) is 0 Å². The van der Waals surface area contributed by atoms with Crippen molar-refractivity contribution >= 4 is 0 Å². The fourth-order valence-corrected chi connectivity index (χ4v) is 0.341. The molecule has 0 radical (unpaired) electrons. The molecule has 0 aromatic carbocycles. The third-order valence-electron chi connectivity index (χ3n) is 0.975. The molecule has 0 aliphatic heterocycles. The maximum Gasteiger partial charge on any atom is 0.0793 e. The second-order valence-corrected chi connectivity index (χ2v) is 1.72. The van der Waals surface area contributed by atoms with Crippen LogP contribution < -0.4 is 0 Å². The molecule has 2 heteroatoms. The first-order valence-electron chi connectivity index (χ1n) is 3.04. The van der Waals surface area contributed by atoms with Crippen LogP contribution in [0.3, 0.4) is 0 Å². The average molecular weight is 132 g/mol. The van der Waals surface area contributed by atoms with E-state index >= 15 is 0 Å². The summed E-state index contributed by atoms with van der Waals surface area (Å²) in [5.74, 6) is 0. The minimum absolute atomic E-state index is 0.542. The van der Waals surface area contributed by atoms with E-state index in [4.69, 9.17) is 10.2 Å². The third kappa shape index (κ3) is 7.66. The van der Waals surface area contributed by atoms with Gasteiger partial charge in [0.1, 0.15) is 0 Å². The van der Waals surface area contributed by atoms with Crippen LogP contribution >= 0.6 is 0 Å². The standard InChI is InChI=1S/C5H12O2.C2H4/c1-3-5(7)4(2)6;1-2/h4-7H,3H2,1-2H3;1-2H2. The second-order valence-electron chi connectivity index (χ2n) is 1.72. The fraction of sp³-hybridized carbons (Fsp3) is 0.714. The van der Waals surface area contributed by atoms with E-state index in [2.05, 4.69) is 13.2 Å². The molecular formula is C7H16O2. The van der Waals surface area contributed by atoms with E-state index < -0.39 is 12.2 Å². The highest BCUT2D eigenvalue weighted by molar-refractivity contribution is 4.56. The number of hydrogen-bond donors (Lipinski definition) is 2. The zero-order valence-electron chi connectivity index (χ0n) is 6.17. The highest BCUT2D eigenvalue weighted by Crippen LogP contribution is 1.94. The van der Waals surface area contributed by atoms with Crippen LogP contribution in [0.25, 0.3) is 0 Å². The molecule has 0 rings (SSSR count). The van der Waals surface area contributed by atoms with E-state index in [1.807, 2.05) is 6.92 Å². The number of hydrogen-bond acceptors (Lipinski definition) is 2. The normalized spacial score (nSPS) is 15.1. The SMILES string of the molecule is C=C.CCC(O)C(C)O. The van der Waals surface area contributed by atoms with Crippen LogP contribution in [-0.4, -0.2) is 22.4 Å². The van der Waals surface area contributed by atoms with Gasteiger partial charge in [0.05, 0.1) is 12.2 Å². The third-order valence-corrected chi connectivity index (χ3v) is 0.975. The molecule has 0 fully saturated rings. The van der Waals surface area contributed by atoms with Crippen molar-refractivity contribution in [1.29, 1.82) is 0 Å². The smallest absolute Gasteiger partial charge is 0.0793 e. The van der Waals surface area contributed by atoms with Crippen LogP contribution in [0.1, 0.15) is 20.3 Å². The summed E-state index contributed by atoms with van der Waals surface area (Å²) in [7, 11) is 0. The molecule has 0 amide bonds. The molecule has 0 aromatic rings. The minimum Gasteiger partial charge on any atom is -0.391 e. The molecule has 0 spiro atoms. The molecule has 0 bridgehead atoms. The number of aliphatic hydroxyl groups is 2. The number of aliphatic hydroxyl groups excluding tert-OH is 2. The van der Waals surface area contributed by atoms with Crippen molar-refractivity contribution < 1.29 is 10.2 Å². The van der Waals surface area contributed by atoms with Gasteiger partial charge in [-0.25, -0.2) is 0 Å². The van der Waals surface area contributed by atoms with Gasteiger partial charge in [0, 0.05) is 0 Å². The topological polar surface area (TPSA) is 40.5 Å². The second kappa shape index (κ2) is 7.66. The molecule has 0 aliphatic carbocycles. The zero-order chi connectivity index (χ0) is 7.86. The quantitative estimate of drug-likeness (QED) is 0.549. The average Bonchev–Trinajstić information content (AvgIpc) is 1.91. The van der Waals surface area contributed by atoms with Gasteiger partial charge in [-0.15, -0.1) is 13.2 Å². The van der Waals surface area contributed by atoms with Crippen LogP contribution in [0.4, 0.5) is 0 Å². The van der Waals surface area contributed by atoms with E-state index in [0.29, 0.717) is 6.42 Å². The van der Waals surface area contributed by atoms with E-state index in [1.165, 1.54) is 0 Å². The van der Waals surface area contributed by atoms with Crippen molar-refractivity contribution in [3.8, 4) is 0 Å². The molecule has 2 atom stereocenters. The van der Waals surface area contributed by atoms with Crippen LogP contribution in [0.2, 0.25) is 0 Å². The highest BCUT2D eigenvalue weighted by atomic mass is 16.3. The van der Waals surface area contributed by atoms with Gasteiger partial charge in [-0.3, -0.25) is 0 Å². The molecule has 2 unspecified atom stereocenters. The number of rotatable bonds is 2. The van der Waals surface area contributed by atoms with E-state index in [9.17, 15) is 0 Å². The first kappa shape index (κ1) is 11.5. The van der Waals surface area contributed by atoms with Gasteiger partial charge < -0.3 is 10.2 Å². The van der Waals surface area contributed by atoms with Gasteiger partial charge in [0.2, 0.25) is 0 Å². The Bertz CT molecular complexity index is 52.9.